The highest BCUT2D eigenvalue weighted by Gasteiger charge is 2.27. The Hall–Kier alpha value is -2.50. The molecule has 1 saturated carbocycles. The van der Waals surface area contributed by atoms with E-state index in [0.29, 0.717) is 19.1 Å². The average Bonchev–Trinajstić information content (AvgIpc) is 3.45. The topological polar surface area (TPSA) is 62.3 Å². The lowest BCUT2D eigenvalue weighted by atomic mass is 10.1. The number of nitrogens with zero attached hydrogens (tertiary/aromatic N) is 2. The summed E-state index contributed by atoms with van der Waals surface area (Å²) < 4.78 is 12.9. The van der Waals surface area contributed by atoms with Crippen LogP contribution in [-0.4, -0.2) is 30.0 Å². The zero-order valence-corrected chi connectivity index (χ0v) is 16.1. The number of nitrogens with two attached hydrogens (primary N) is 1. The van der Waals surface area contributed by atoms with Gasteiger partial charge in [-0.1, -0.05) is 0 Å². The van der Waals surface area contributed by atoms with E-state index in [1.807, 2.05) is 41.1 Å². The molecule has 0 amide bonds. The van der Waals surface area contributed by atoms with Crippen molar-refractivity contribution in [3.05, 3.63) is 60.3 Å². The van der Waals surface area contributed by atoms with Crippen LogP contribution in [-0.2, 0) is 0 Å². The van der Waals surface area contributed by atoms with Crippen molar-refractivity contribution < 1.29 is 9.47 Å². The fraction of sp³-hybridized carbons (Fsp3) is 0.286. The first kappa shape index (κ1) is 19.3. The summed E-state index contributed by atoms with van der Waals surface area (Å²) in [6.07, 6.45) is 2.45. The standard InChI is InChI=1S/C21H23N3O2.ClH/c1-25-18-10-6-17(7-11-18)24-21(14-20(23-24)15-2-3-15)16-4-8-19(9-5-16)26-13-12-22;/h4-11,14-15H,2-3,12-13,22H2,1H3;1H. The van der Waals surface area contributed by atoms with E-state index in [1.54, 1.807) is 7.11 Å². The number of aromatic nitrogens is 2. The van der Waals surface area contributed by atoms with E-state index in [0.717, 1.165) is 28.4 Å². The lowest BCUT2D eigenvalue weighted by Gasteiger charge is -2.10. The molecule has 0 atom stereocenters. The summed E-state index contributed by atoms with van der Waals surface area (Å²) in [7, 11) is 1.67. The summed E-state index contributed by atoms with van der Waals surface area (Å²) in [6.45, 7) is 1.03. The summed E-state index contributed by atoms with van der Waals surface area (Å²) in [4.78, 5) is 0. The number of rotatable bonds is 7. The summed E-state index contributed by atoms with van der Waals surface area (Å²) >= 11 is 0. The second kappa shape index (κ2) is 8.46. The van der Waals surface area contributed by atoms with Crippen LogP contribution >= 0.6 is 12.4 Å². The monoisotopic (exact) mass is 385 g/mol. The first-order valence-corrected chi connectivity index (χ1v) is 8.96. The third-order valence-corrected chi connectivity index (χ3v) is 4.58. The lowest BCUT2D eigenvalue weighted by molar-refractivity contribution is 0.328. The SMILES string of the molecule is COc1ccc(-n2nc(C3CC3)cc2-c2ccc(OCCN)cc2)cc1.Cl. The number of halogens is 1. The molecule has 0 bridgehead atoms. The maximum Gasteiger partial charge on any atom is 0.119 e. The molecule has 0 unspecified atom stereocenters. The van der Waals surface area contributed by atoms with Gasteiger partial charge < -0.3 is 15.2 Å². The van der Waals surface area contributed by atoms with Crippen molar-refractivity contribution in [2.75, 3.05) is 20.3 Å². The van der Waals surface area contributed by atoms with Gasteiger partial charge in [-0.05, 0) is 67.4 Å². The minimum Gasteiger partial charge on any atom is -0.497 e. The van der Waals surface area contributed by atoms with Gasteiger partial charge in [0.2, 0.25) is 0 Å². The molecule has 3 aromatic rings. The predicted molar refractivity (Wildman–Crippen MR) is 109 cm³/mol. The Balaban J connectivity index is 0.00000210. The Bertz CT molecular complexity index is 871. The molecule has 1 aliphatic carbocycles. The van der Waals surface area contributed by atoms with Gasteiger partial charge in [-0.2, -0.15) is 5.10 Å². The number of benzene rings is 2. The van der Waals surface area contributed by atoms with Gasteiger partial charge in [0.25, 0.3) is 0 Å². The third kappa shape index (κ3) is 4.26. The first-order chi connectivity index (χ1) is 12.8. The van der Waals surface area contributed by atoms with Gasteiger partial charge in [0.05, 0.1) is 24.2 Å². The Kier molecular flexibility index (Phi) is 6.04. The second-order valence-electron chi connectivity index (χ2n) is 6.50. The molecule has 6 heteroatoms. The highest BCUT2D eigenvalue weighted by Crippen LogP contribution is 2.41. The van der Waals surface area contributed by atoms with Gasteiger partial charge in [-0.15, -0.1) is 12.4 Å². The fourth-order valence-electron chi connectivity index (χ4n) is 3.00. The molecule has 5 nitrogen and oxygen atoms in total. The molecule has 2 aromatic carbocycles. The summed E-state index contributed by atoms with van der Waals surface area (Å²) in [6, 6.07) is 18.3. The van der Waals surface area contributed by atoms with Crippen LogP contribution in [0.25, 0.3) is 16.9 Å². The number of ether oxygens (including phenoxy) is 2. The Morgan fingerprint density at radius 3 is 2.30 bits per heavy atom. The van der Waals surface area contributed by atoms with Gasteiger partial charge in [-0.25, -0.2) is 4.68 Å². The molecular formula is C21H24ClN3O2. The highest BCUT2D eigenvalue weighted by atomic mass is 35.5. The van der Waals surface area contributed by atoms with E-state index in [9.17, 15) is 0 Å². The predicted octanol–water partition coefficient (Wildman–Crippen LogP) is 4.18. The Morgan fingerprint density at radius 1 is 1.04 bits per heavy atom. The molecule has 2 N–H and O–H groups in total. The van der Waals surface area contributed by atoms with Crippen LogP contribution in [0.2, 0.25) is 0 Å². The van der Waals surface area contributed by atoms with Crippen LogP contribution in [0.5, 0.6) is 11.5 Å². The van der Waals surface area contributed by atoms with E-state index in [2.05, 4.69) is 18.2 Å². The maximum atomic E-state index is 5.58. The number of methoxy groups -OCH3 is 1. The van der Waals surface area contributed by atoms with Gasteiger partial charge in [0.1, 0.15) is 18.1 Å². The zero-order chi connectivity index (χ0) is 17.9. The van der Waals surface area contributed by atoms with E-state index in [4.69, 9.17) is 20.3 Å². The zero-order valence-electron chi connectivity index (χ0n) is 15.3. The second-order valence-corrected chi connectivity index (χ2v) is 6.50. The van der Waals surface area contributed by atoms with Gasteiger partial charge in [0.15, 0.2) is 0 Å². The van der Waals surface area contributed by atoms with Crippen molar-refractivity contribution in [2.24, 2.45) is 5.73 Å². The van der Waals surface area contributed by atoms with Crippen LogP contribution < -0.4 is 15.2 Å². The van der Waals surface area contributed by atoms with Crippen molar-refractivity contribution in [3.8, 4) is 28.4 Å². The Labute approximate surface area is 165 Å². The molecule has 1 aromatic heterocycles. The molecule has 4 rings (SSSR count). The van der Waals surface area contributed by atoms with E-state index in [1.165, 1.54) is 18.5 Å². The van der Waals surface area contributed by atoms with E-state index >= 15 is 0 Å². The molecule has 1 aliphatic rings. The van der Waals surface area contributed by atoms with Crippen molar-refractivity contribution in [1.82, 2.24) is 9.78 Å². The van der Waals surface area contributed by atoms with Crippen LogP contribution in [0.4, 0.5) is 0 Å². The molecular weight excluding hydrogens is 362 g/mol. The van der Waals surface area contributed by atoms with Crippen LogP contribution in [0, 0.1) is 0 Å². The molecule has 0 radical (unpaired) electrons. The summed E-state index contributed by atoms with van der Waals surface area (Å²) in [5, 5.41) is 4.87. The molecule has 0 saturated heterocycles. The molecule has 27 heavy (non-hydrogen) atoms. The van der Waals surface area contributed by atoms with Crippen LogP contribution in [0.15, 0.2) is 54.6 Å². The third-order valence-electron chi connectivity index (χ3n) is 4.58. The minimum atomic E-state index is 0. The van der Waals surface area contributed by atoms with E-state index < -0.39 is 0 Å². The van der Waals surface area contributed by atoms with E-state index in [-0.39, 0.29) is 12.4 Å². The number of hydrogen-bond donors (Lipinski definition) is 1. The van der Waals surface area contributed by atoms with Gasteiger partial charge in [0, 0.05) is 18.0 Å². The maximum absolute atomic E-state index is 5.58. The van der Waals surface area contributed by atoms with Crippen LogP contribution in [0.1, 0.15) is 24.5 Å². The molecule has 1 heterocycles. The van der Waals surface area contributed by atoms with Crippen molar-refractivity contribution >= 4 is 12.4 Å². The quantitative estimate of drug-likeness (QED) is 0.662. The lowest BCUT2D eigenvalue weighted by Crippen LogP contribution is -2.10. The molecule has 0 spiro atoms. The van der Waals surface area contributed by atoms with Gasteiger partial charge >= 0.3 is 0 Å². The smallest absolute Gasteiger partial charge is 0.119 e. The van der Waals surface area contributed by atoms with Gasteiger partial charge in [-0.3, -0.25) is 0 Å². The van der Waals surface area contributed by atoms with Crippen molar-refractivity contribution in [1.29, 1.82) is 0 Å². The summed E-state index contributed by atoms with van der Waals surface area (Å²) in [5.41, 5.74) is 9.88. The summed E-state index contributed by atoms with van der Waals surface area (Å²) in [5.74, 6) is 2.27. The molecule has 0 aliphatic heterocycles. The highest BCUT2D eigenvalue weighted by molar-refractivity contribution is 5.85. The number of hydrogen-bond acceptors (Lipinski definition) is 4. The fourth-order valence-corrected chi connectivity index (χ4v) is 3.00. The Morgan fingerprint density at radius 2 is 1.70 bits per heavy atom. The van der Waals surface area contributed by atoms with Crippen molar-refractivity contribution in [2.45, 2.75) is 18.8 Å². The normalized spacial score (nSPS) is 13.1. The van der Waals surface area contributed by atoms with Crippen molar-refractivity contribution in [3.63, 3.8) is 0 Å². The largest absolute Gasteiger partial charge is 0.497 e. The van der Waals surface area contributed by atoms with Crippen LogP contribution in [0.3, 0.4) is 0 Å². The first-order valence-electron chi connectivity index (χ1n) is 8.96. The molecule has 1 fully saturated rings. The average molecular weight is 386 g/mol. The molecule has 142 valence electrons. The minimum absolute atomic E-state index is 0.